The molecule has 1 aromatic carbocycles. The Labute approximate surface area is 227 Å². The van der Waals surface area contributed by atoms with Crippen LogP contribution in [0.3, 0.4) is 0 Å². The minimum Gasteiger partial charge on any atom is -0.480 e. The third kappa shape index (κ3) is 7.13. The van der Waals surface area contributed by atoms with Crippen molar-refractivity contribution in [3.05, 3.63) is 63.6 Å². The molecule has 0 aliphatic rings. The van der Waals surface area contributed by atoms with Crippen LogP contribution in [-0.4, -0.2) is 55.4 Å². The number of amides is 2. The fourth-order valence-corrected chi connectivity index (χ4v) is 4.43. The Morgan fingerprint density at radius 3 is 2.49 bits per heavy atom. The van der Waals surface area contributed by atoms with Gasteiger partial charge in [-0.25, -0.2) is 14.8 Å². The topological polar surface area (TPSA) is 211 Å². The smallest absolute Gasteiger partial charge is 0.326 e. The predicted octanol–water partition coefficient (Wildman–Crippen LogP) is 1.96. The van der Waals surface area contributed by atoms with Crippen LogP contribution in [0.4, 0.5) is 17.5 Å². The lowest BCUT2D eigenvalue weighted by atomic mass is 10.1. The highest BCUT2D eigenvalue weighted by Gasteiger charge is 2.20. The average Bonchev–Trinajstić information content (AvgIpc) is 3.35. The highest BCUT2D eigenvalue weighted by atomic mass is 32.1. The van der Waals surface area contributed by atoms with Crippen molar-refractivity contribution in [2.24, 2.45) is 0 Å². The van der Waals surface area contributed by atoms with Crippen LogP contribution in [0, 0.1) is 6.92 Å². The maximum atomic E-state index is 12.6. The number of nitrogens with two attached hydrogens (primary N) is 2. The molecule has 0 spiro atoms. The van der Waals surface area contributed by atoms with E-state index in [4.69, 9.17) is 11.5 Å². The molecule has 0 unspecified atom stereocenters. The zero-order valence-corrected chi connectivity index (χ0v) is 21.8. The molecule has 0 aliphatic heterocycles. The molecule has 0 bridgehead atoms. The number of aliphatic carboxylic acids is 1. The van der Waals surface area contributed by atoms with Crippen molar-refractivity contribution in [3.63, 3.8) is 0 Å². The summed E-state index contributed by atoms with van der Waals surface area (Å²) in [4.78, 5) is 54.6. The first-order valence-corrected chi connectivity index (χ1v) is 12.8. The first kappa shape index (κ1) is 27.2. The molecular formula is C25H27N9O4S. The van der Waals surface area contributed by atoms with E-state index in [0.29, 0.717) is 52.5 Å². The second-order valence-electron chi connectivity index (χ2n) is 8.60. The quantitative estimate of drug-likeness (QED) is 0.149. The standard InChI is InChI=1S/C25H27N9O4S/c1-13-4-9-18(39-13)23(36)28-10-2-3-17(24(37)38)32-22(35)14-5-7-15(8-6-14)29-11-16-12-30-21-19(31-16)20(26)33-25(27)34-21/h4-9,12,17,29H,2-3,10-11H2,1H3,(H,28,36)(H,32,35)(H,37,38)(H4,26,27,30,33,34)/t17-/m0/s1. The minimum atomic E-state index is -1.15. The highest BCUT2D eigenvalue weighted by molar-refractivity contribution is 7.13. The molecule has 0 saturated heterocycles. The van der Waals surface area contributed by atoms with Crippen LogP contribution in [0.1, 0.15) is 43.4 Å². The van der Waals surface area contributed by atoms with Crippen LogP contribution in [0.5, 0.6) is 0 Å². The van der Waals surface area contributed by atoms with Crippen LogP contribution < -0.4 is 27.4 Å². The van der Waals surface area contributed by atoms with Crippen LogP contribution in [-0.2, 0) is 11.3 Å². The van der Waals surface area contributed by atoms with Crippen LogP contribution in [0.25, 0.3) is 11.2 Å². The van der Waals surface area contributed by atoms with Gasteiger partial charge in [-0.2, -0.15) is 9.97 Å². The summed E-state index contributed by atoms with van der Waals surface area (Å²) in [6.45, 7) is 2.53. The molecule has 3 heterocycles. The summed E-state index contributed by atoms with van der Waals surface area (Å²) in [5.41, 5.74) is 13.7. The molecule has 2 amide bonds. The van der Waals surface area contributed by atoms with Gasteiger partial charge >= 0.3 is 5.97 Å². The number of thiophene rings is 1. The van der Waals surface area contributed by atoms with Gasteiger partial charge in [0.15, 0.2) is 17.0 Å². The van der Waals surface area contributed by atoms with Gasteiger partial charge in [-0.15, -0.1) is 11.3 Å². The van der Waals surface area contributed by atoms with Gasteiger partial charge < -0.3 is 32.5 Å². The number of fused-ring (bicyclic) bond motifs is 1. The number of carboxylic acid groups (broad SMARTS) is 1. The minimum absolute atomic E-state index is 0.0207. The van der Waals surface area contributed by atoms with Gasteiger partial charge in [-0.3, -0.25) is 9.59 Å². The number of anilines is 3. The number of nitrogen functional groups attached to an aromatic ring is 2. The molecule has 3 aromatic heterocycles. The molecule has 13 nitrogen and oxygen atoms in total. The number of hydrogen-bond acceptors (Lipinski definition) is 11. The largest absolute Gasteiger partial charge is 0.480 e. The Balaban J connectivity index is 1.26. The Bertz CT molecular complexity index is 1510. The zero-order chi connectivity index (χ0) is 27.9. The van der Waals surface area contributed by atoms with Crippen molar-refractivity contribution in [1.82, 2.24) is 30.6 Å². The molecule has 39 heavy (non-hydrogen) atoms. The van der Waals surface area contributed by atoms with E-state index >= 15 is 0 Å². The maximum absolute atomic E-state index is 12.6. The number of carbonyl (C=O) groups excluding carboxylic acids is 2. The maximum Gasteiger partial charge on any atom is 0.326 e. The highest BCUT2D eigenvalue weighted by Crippen LogP contribution is 2.17. The van der Waals surface area contributed by atoms with E-state index in [2.05, 4.69) is 35.9 Å². The SMILES string of the molecule is Cc1ccc(C(=O)NCCC[C@H](NC(=O)c2ccc(NCc3cnc4nc(N)nc(N)c4n3)cc2)C(=O)O)s1. The second-order valence-corrected chi connectivity index (χ2v) is 9.89. The number of rotatable bonds is 11. The van der Waals surface area contributed by atoms with Gasteiger partial charge in [-0.1, -0.05) is 0 Å². The Morgan fingerprint density at radius 1 is 1.03 bits per heavy atom. The van der Waals surface area contributed by atoms with E-state index in [0.717, 1.165) is 4.88 Å². The number of carboxylic acids is 1. The molecular weight excluding hydrogens is 522 g/mol. The molecule has 202 valence electrons. The van der Waals surface area contributed by atoms with Gasteiger partial charge in [0.1, 0.15) is 6.04 Å². The van der Waals surface area contributed by atoms with E-state index in [1.807, 2.05) is 13.0 Å². The van der Waals surface area contributed by atoms with Crippen LogP contribution in [0.2, 0.25) is 0 Å². The molecule has 14 heteroatoms. The van der Waals surface area contributed by atoms with Crippen LogP contribution >= 0.6 is 11.3 Å². The third-order valence-electron chi connectivity index (χ3n) is 5.64. The summed E-state index contributed by atoms with van der Waals surface area (Å²) in [5.74, 6) is -1.70. The lowest BCUT2D eigenvalue weighted by Gasteiger charge is -2.15. The second kappa shape index (κ2) is 12.1. The first-order valence-electron chi connectivity index (χ1n) is 12.0. The molecule has 0 fully saturated rings. The lowest BCUT2D eigenvalue weighted by Crippen LogP contribution is -2.41. The summed E-state index contributed by atoms with van der Waals surface area (Å²) in [5, 5.41) is 18.0. The van der Waals surface area contributed by atoms with E-state index in [1.165, 1.54) is 11.3 Å². The van der Waals surface area contributed by atoms with E-state index in [-0.39, 0.29) is 24.1 Å². The number of carbonyl (C=O) groups is 3. The summed E-state index contributed by atoms with van der Waals surface area (Å²) >= 11 is 1.39. The van der Waals surface area contributed by atoms with E-state index in [1.54, 1.807) is 36.5 Å². The van der Waals surface area contributed by atoms with E-state index < -0.39 is 17.9 Å². The number of benzene rings is 1. The third-order valence-corrected chi connectivity index (χ3v) is 6.64. The van der Waals surface area contributed by atoms with Gasteiger partial charge in [-0.05, 0) is 56.2 Å². The van der Waals surface area contributed by atoms with Crippen molar-refractivity contribution in [2.45, 2.75) is 32.4 Å². The van der Waals surface area contributed by atoms with Crippen molar-refractivity contribution in [2.75, 3.05) is 23.3 Å². The molecule has 0 aliphatic carbocycles. The monoisotopic (exact) mass is 549 g/mol. The molecule has 1 atom stereocenters. The number of aromatic nitrogens is 4. The Hall–Kier alpha value is -4.85. The predicted molar refractivity (Wildman–Crippen MR) is 147 cm³/mol. The van der Waals surface area contributed by atoms with Gasteiger partial charge in [0.05, 0.1) is 23.3 Å². The number of hydrogen-bond donors (Lipinski definition) is 6. The fourth-order valence-electron chi connectivity index (χ4n) is 3.65. The molecule has 4 aromatic rings. The van der Waals surface area contributed by atoms with Crippen molar-refractivity contribution < 1.29 is 19.5 Å². The normalized spacial score (nSPS) is 11.6. The Kier molecular flexibility index (Phi) is 8.46. The average molecular weight is 550 g/mol. The van der Waals surface area contributed by atoms with Crippen LogP contribution in [0.15, 0.2) is 42.6 Å². The van der Waals surface area contributed by atoms with Crippen molar-refractivity contribution >= 4 is 57.7 Å². The van der Waals surface area contributed by atoms with Gasteiger partial charge in [0.2, 0.25) is 5.95 Å². The fraction of sp³-hybridized carbons (Fsp3) is 0.240. The molecule has 8 N–H and O–H groups in total. The van der Waals surface area contributed by atoms with Crippen molar-refractivity contribution in [3.8, 4) is 0 Å². The molecule has 0 saturated carbocycles. The van der Waals surface area contributed by atoms with Crippen molar-refractivity contribution in [1.29, 1.82) is 0 Å². The number of nitrogens with zero attached hydrogens (tertiary/aromatic N) is 4. The number of aryl methyl sites for hydroxylation is 1. The summed E-state index contributed by atoms with van der Waals surface area (Å²) in [7, 11) is 0. The lowest BCUT2D eigenvalue weighted by molar-refractivity contribution is -0.139. The van der Waals surface area contributed by atoms with Gasteiger partial charge in [0, 0.05) is 22.7 Å². The summed E-state index contributed by atoms with van der Waals surface area (Å²) < 4.78 is 0. The summed E-state index contributed by atoms with van der Waals surface area (Å²) in [6, 6.07) is 9.08. The van der Waals surface area contributed by atoms with Gasteiger partial charge in [0.25, 0.3) is 11.8 Å². The molecule has 4 rings (SSSR count). The zero-order valence-electron chi connectivity index (χ0n) is 21.0. The number of nitrogens with one attached hydrogen (secondary N) is 3. The van der Waals surface area contributed by atoms with E-state index in [9.17, 15) is 19.5 Å². The first-order chi connectivity index (χ1) is 18.7. The Morgan fingerprint density at radius 2 is 1.79 bits per heavy atom. The summed E-state index contributed by atoms with van der Waals surface area (Å²) in [6.07, 6.45) is 2.10. The molecule has 0 radical (unpaired) electrons.